The Hall–Kier alpha value is -3.91. The number of fused-ring (bicyclic) bond motifs is 3. The van der Waals surface area contributed by atoms with E-state index in [1.807, 2.05) is 37.3 Å². The summed E-state index contributed by atoms with van der Waals surface area (Å²) >= 11 is 0. The number of aliphatic imine (C=N–C) groups is 1. The lowest BCUT2D eigenvalue weighted by molar-refractivity contribution is 0.670. The fourth-order valence-corrected chi connectivity index (χ4v) is 4.12. The summed E-state index contributed by atoms with van der Waals surface area (Å²) in [6, 6.07) is 23.2. The van der Waals surface area contributed by atoms with Crippen LogP contribution < -0.4 is 0 Å². The molecule has 0 atom stereocenters. The second-order valence-corrected chi connectivity index (χ2v) is 7.85. The maximum atomic E-state index is 6.21. The highest BCUT2D eigenvalue weighted by Gasteiger charge is 2.13. The van der Waals surface area contributed by atoms with Crippen LogP contribution in [0.1, 0.15) is 19.4 Å². The maximum absolute atomic E-state index is 6.21. The van der Waals surface area contributed by atoms with Crippen molar-refractivity contribution in [1.82, 2.24) is 0 Å². The van der Waals surface area contributed by atoms with Crippen LogP contribution in [0.3, 0.4) is 0 Å². The summed E-state index contributed by atoms with van der Waals surface area (Å²) in [5.41, 5.74) is 9.33. The third kappa shape index (κ3) is 3.47. The SMILES string of the molecule is C=C(C)N=C1C=CC=C/C1=C(/C)c1ccc(-c2cccc3c2oc2ccccc23)cc1. The van der Waals surface area contributed by atoms with Crippen molar-refractivity contribution in [3.05, 3.63) is 114 Å². The Balaban J connectivity index is 1.57. The van der Waals surface area contributed by atoms with Crippen LogP contribution in [0, 0.1) is 0 Å². The predicted octanol–water partition coefficient (Wildman–Crippen LogP) is 8.13. The van der Waals surface area contributed by atoms with E-state index in [0.29, 0.717) is 0 Å². The van der Waals surface area contributed by atoms with Gasteiger partial charge in [0, 0.05) is 27.6 Å². The summed E-state index contributed by atoms with van der Waals surface area (Å²) in [7, 11) is 0. The molecule has 0 aliphatic heterocycles. The first-order valence-corrected chi connectivity index (χ1v) is 10.4. The van der Waals surface area contributed by atoms with Crippen molar-refractivity contribution in [3.8, 4) is 11.1 Å². The molecule has 5 rings (SSSR count). The van der Waals surface area contributed by atoms with Crippen molar-refractivity contribution in [3.63, 3.8) is 0 Å². The van der Waals surface area contributed by atoms with Gasteiger partial charge in [0.2, 0.25) is 0 Å². The highest BCUT2D eigenvalue weighted by molar-refractivity contribution is 6.16. The average molecular weight is 402 g/mol. The van der Waals surface area contributed by atoms with Crippen molar-refractivity contribution in [2.75, 3.05) is 0 Å². The summed E-state index contributed by atoms with van der Waals surface area (Å²) in [5.74, 6) is 0. The summed E-state index contributed by atoms with van der Waals surface area (Å²) in [5, 5.41) is 2.30. The molecule has 0 radical (unpaired) electrons. The summed E-state index contributed by atoms with van der Waals surface area (Å²) in [6.45, 7) is 7.98. The van der Waals surface area contributed by atoms with Gasteiger partial charge in [0.15, 0.2) is 0 Å². The second kappa shape index (κ2) is 7.73. The minimum atomic E-state index is 0.800. The van der Waals surface area contributed by atoms with Crippen LogP contribution in [-0.2, 0) is 0 Å². The zero-order valence-corrected chi connectivity index (χ0v) is 17.7. The highest BCUT2D eigenvalue weighted by Crippen LogP contribution is 2.36. The smallest absolute Gasteiger partial charge is 0.143 e. The number of para-hydroxylation sites is 2. The van der Waals surface area contributed by atoms with Crippen molar-refractivity contribution in [2.24, 2.45) is 4.99 Å². The monoisotopic (exact) mass is 401 g/mol. The fourth-order valence-electron chi connectivity index (χ4n) is 4.12. The van der Waals surface area contributed by atoms with Crippen LogP contribution in [-0.4, -0.2) is 5.71 Å². The highest BCUT2D eigenvalue weighted by atomic mass is 16.3. The maximum Gasteiger partial charge on any atom is 0.143 e. The first kappa shape index (κ1) is 19.1. The topological polar surface area (TPSA) is 25.5 Å². The summed E-state index contributed by atoms with van der Waals surface area (Å²) in [6.07, 6.45) is 8.20. The summed E-state index contributed by atoms with van der Waals surface area (Å²) in [4.78, 5) is 4.60. The van der Waals surface area contributed by atoms with Gasteiger partial charge in [0.1, 0.15) is 11.2 Å². The Morgan fingerprint density at radius 3 is 2.35 bits per heavy atom. The molecule has 1 aliphatic carbocycles. The molecule has 0 saturated heterocycles. The molecule has 1 aromatic heterocycles. The first-order valence-electron chi connectivity index (χ1n) is 10.4. The van der Waals surface area contributed by atoms with Crippen LogP contribution in [0.5, 0.6) is 0 Å². The van der Waals surface area contributed by atoms with Crippen molar-refractivity contribution < 1.29 is 4.42 Å². The van der Waals surface area contributed by atoms with Gasteiger partial charge in [-0.2, -0.15) is 0 Å². The van der Waals surface area contributed by atoms with E-state index >= 15 is 0 Å². The molecule has 2 nitrogen and oxygen atoms in total. The number of benzene rings is 3. The first-order chi connectivity index (χ1) is 15.1. The fraction of sp³-hybridized carbons (Fsp3) is 0.0690. The van der Waals surface area contributed by atoms with Crippen LogP contribution in [0.4, 0.5) is 0 Å². The number of allylic oxidation sites excluding steroid dienone is 7. The van der Waals surface area contributed by atoms with Gasteiger partial charge in [-0.3, -0.25) is 4.99 Å². The van der Waals surface area contributed by atoms with Gasteiger partial charge in [-0.05, 0) is 42.7 Å². The molecule has 0 fully saturated rings. The Morgan fingerprint density at radius 1 is 0.806 bits per heavy atom. The summed E-state index contributed by atoms with van der Waals surface area (Å²) < 4.78 is 6.21. The number of rotatable bonds is 3. The van der Waals surface area contributed by atoms with Gasteiger partial charge in [-0.25, -0.2) is 0 Å². The van der Waals surface area contributed by atoms with Crippen LogP contribution in [0.2, 0.25) is 0 Å². The van der Waals surface area contributed by atoms with E-state index in [2.05, 4.69) is 79.2 Å². The number of hydrogen-bond acceptors (Lipinski definition) is 2. The quantitative estimate of drug-likeness (QED) is 0.340. The molecule has 0 unspecified atom stereocenters. The number of hydrogen-bond donors (Lipinski definition) is 0. The zero-order chi connectivity index (χ0) is 21.4. The zero-order valence-electron chi connectivity index (χ0n) is 17.7. The van der Waals surface area contributed by atoms with Gasteiger partial charge >= 0.3 is 0 Å². The standard InChI is InChI=1S/C29H23NO/c1-19(2)30-27-13-6-4-9-23(27)20(3)21-15-17-22(18-16-21)24-11-8-12-26-25-10-5-7-14-28(25)31-29(24)26/h4-18H,1H2,2-3H3/b23-20+,30-27?. The molecule has 1 heterocycles. The molecule has 150 valence electrons. The molecule has 2 heteroatoms. The Kier molecular flexibility index (Phi) is 4.76. The Morgan fingerprint density at radius 2 is 1.55 bits per heavy atom. The van der Waals surface area contributed by atoms with Crippen molar-refractivity contribution in [2.45, 2.75) is 13.8 Å². The van der Waals surface area contributed by atoms with Crippen LogP contribution in [0.15, 0.2) is 118 Å². The van der Waals surface area contributed by atoms with Gasteiger partial charge < -0.3 is 4.42 Å². The molecule has 31 heavy (non-hydrogen) atoms. The minimum Gasteiger partial charge on any atom is -0.455 e. The van der Waals surface area contributed by atoms with Crippen LogP contribution in [0.25, 0.3) is 38.6 Å². The molecule has 0 bridgehead atoms. The molecular weight excluding hydrogens is 378 g/mol. The normalized spacial score (nSPS) is 16.4. The third-order valence-corrected chi connectivity index (χ3v) is 5.65. The molecule has 0 saturated carbocycles. The predicted molar refractivity (Wildman–Crippen MR) is 132 cm³/mol. The van der Waals surface area contributed by atoms with Crippen molar-refractivity contribution >= 4 is 33.2 Å². The van der Waals surface area contributed by atoms with Gasteiger partial charge in [-0.1, -0.05) is 85.5 Å². The lowest BCUT2D eigenvalue weighted by Crippen LogP contribution is -2.03. The Labute approximate surface area is 182 Å². The lowest BCUT2D eigenvalue weighted by atomic mass is 9.93. The van der Waals surface area contributed by atoms with E-state index in [-0.39, 0.29) is 0 Å². The molecular formula is C29H23NO. The van der Waals surface area contributed by atoms with E-state index in [0.717, 1.165) is 50.0 Å². The minimum absolute atomic E-state index is 0.800. The molecule has 0 spiro atoms. The largest absolute Gasteiger partial charge is 0.455 e. The molecule has 0 N–H and O–H groups in total. The molecule has 4 aromatic rings. The van der Waals surface area contributed by atoms with E-state index in [4.69, 9.17) is 4.42 Å². The van der Waals surface area contributed by atoms with E-state index in [9.17, 15) is 0 Å². The molecule has 1 aliphatic rings. The molecule has 0 amide bonds. The average Bonchev–Trinajstić information content (AvgIpc) is 3.18. The number of nitrogens with zero attached hydrogens (tertiary/aromatic N) is 1. The van der Waals surface area contributed by atoms with Gasteiger partial charge in [0.05, 0.1) is 5.71 Å². The lowest BCUT2D eigenvalue weighted by Gasteiger charge is -2.13. The van der Waals surface area contributed by atoms with E-state index in [1.165, 1.54) is 11.1 Å². The van der Waals surface area contributed by atoms with Crippen LogP contribution >= 0.6 is 0 Å². The second-order valence-electron chi connectivity index (χ2n) is 7.85. The third-order valence-electron chi connectivity index (χ3n) is 5.65. The van der Waals surface area contributed by atoms with E-state index in [1.54, 1.807) is 0 Å². The van der Waals surface area contributed by atoms with E-state index < -0.39 is 0 Å². The Bertz CT molecular complexity index is 1440. The van der Waals surface area contributed by atoms with Crippen molar-refractivity contribution in [1.29, 1.82) is 0 Å². The van der Waals surface area contributed by atoms with Gasteiger partial charge in [0.25, 0.3) is 0 Å². The van der Waals surface area contributed by atoms with Gasteiger partial charge in [-0.15, -0.1) is 0 Å². The molecule has 3 aromatic carbocycles. The number of furan rings is 1.